The molecular weight excluding hydrogens is 400 g/mol. The first-order valence-electron chi connectivity index (χ1n) is 10.1. The van der Waals surface area contributed by atoms with E-state index in [1.54, 1.807) is 13.8 Å². The van der Waals surface area contributed by atoms with Gasteiger partial charge in [0.15, 0.2) is 23.3 Å². The van der Waals surface area contributed by atoms with Crippen molar-refractivity contribution >= 4 is 11.8 Å². The molecule has 0 aromatic carbocycles. The van der Waals surface area contributed by atoms with Crippen LogP contribution < -0.4 is 0 Å². The highest BCUT2D eigenvalue weighted by molar-refractivity contribution is 5.96. The van der Waals surface area contributed by atoms with Crippen LogP contribution in [0.15, 0.2) is 11.6 Å². The molecular formula is C20H24O10. The summed E-state index contributed by atoms with van der Waals surface area (Å²) in [6, 6.07) is 0. The minimum atomic E-state index is -2.35. The highest BCUT2D eigenvalue weighted by Gasteiger charge is 2.94. The second-order valence-corrected chi connectivity index (χ2v) is 10.0. The molecule has 0 radical (unpaired) electrons. The number of hydrogen-bond acceptors (Lipinski definition) is 10. The lowest BCUT2D eigenvalue weighted by atomic mass is 9.36. The van der Waals surface area contributed by atoms with Gasteiger partial charge in [0.1, 0.15) is 23.9 Å². The Balaban J connectivity index is 1.68. The van der Waals surface area contributed by atoms with Crippen molar-refractivity contribution in [1.29, 1.82) is 0 Å². The third-order valence-corrected chi connectivity index (χ3v) is 9.17. The smallest absolute Gasteiger partial charge is 0.338 e. The van der Waals surface area contributed by atoms with Crippen LogP contribution in [0.2, 0.25) is 0 Å². The molecule has 5 fully saturated rings. The zero-order valence-electron chi connectivity index (χ0n) is 16.4. The average Bonchev–Trinajstić information content (AvgIpc) is 3.44. The van der Waals surface area contributed by atoms with Crippen molar-refractivity contribution in [1.82, 2.24) is 0 Å². The van der Waals surface area contributed by atoms with E-state index < -0.39 is 75.8 Å². The first-order valence-corrected chi connectivity index (χ1v) is 10.1. The van der Waals surface area contributed by atoms with Gasteiger partial charge >= 0.3 is 5.97 Å². The maximum atomic E-state index is 12.6. The van der Waals surface area contributed by atoms with Crippen molar-refractivity contribution in [2.75, 3.05) is 13.2 Å². The summed E-state index contributed by atoms with van der Waals surface area (Å²) in [6.45, 7) is 2.77. The van der Waals surface area contributed by atoms with Gasteiger partial charge in [0.2, 0.25) is 0 Å². The first kappa shape index (κ1) is 19.3. The third kappa shape index (κ3) is 1.53. The predicted molar refractivity (Wildman–Crippen MR) is 93.3 cm³/mol. The summed E-state index contributed by atoms with van der Waals surface area (Å²) < 4.78 is 16.7. The summed E-state index contributed by atoms with van der Waals surface area (Å²) in [5, 5.41) is 56.7. The lowest BCUT2D eigenvalue weighted by Crippen LogP contribution is -2.87. The number of aliphatic hydroxyl groups excluding tert-OH is 3. The Morgan fingerprint density at radius 2 is 1.73 bits per heavy atom. The normalized spacial score (nSPS) is 63.1. The molecule has 5 N–H and O–H groups in total. The molecule has 10 heteroatoms. The van der Waals surface area contributed by atoms with Crippen LogP contribution in [0.3, 0.4) is 0 Å². The minimum Gasteiger partial charge on any atom is -0.460 e. The molecule has 3 aliphatic carbocycles. The molecule has 3 saturated heterocycles. The van der Waals surface area contributed by atoms with E-state index in [2.05, 4.69) is 0 Å². The van der Waals surface area contributed by atoms with Crippen LogP contribution in [0.1, 0.15) is 20.3 Å². The van der Waals surface area contributed by atoms with E-state index in [9.17, 15) is 35.1 Å². The summed E-state index contributed by atoms with van der Waals surface area (Å²) in [5.74, 6) is -5.64. The van der Waals surface area contributed by atoms with Gasteiger partial charge in [-0.05, 0) is 25.3 Å². The van der Waals surface area contributed by atoms with Crippen LogP contribution in [0, 0.1) is 22.7 Å². The van der Waals surface area contributed by atoms with Gasteiger partial charge in [0.05, 0.1) is 18.6 Å². The Morgan fingerprint density at radius 1 is 1.07 bits per heavy atom. The molecule has 11 atom stereocenters. The second-order valence-electron chi connectivity index (χ2n) is 10.0. The highest BCUT2D eigenvalue weighted by Crippen LogP contribution is 2.77. The highest BCUT2D eigenvalue weighted by atomic mass is 16.7. The van der Waals surface area contributed by atoms with Crippen LogP contribution in [-0.2, 0) is 23.8 Å². The van der Waals surface area contributed by atoms with Gasteiger partial charge in [-0.3, -0.25) is 4.79 Å². The van der Waals surface area contributed by atoms with Gasteiger partial charge in [0.25, 0.3) is 0 Å². The number of esters is 1. The van der Waals surface area contributed by atoms with Crippen molar-refractivity contribution < 1.29 is 49.3 Å². The van der Waals surface area contributed by atoms with E-state index in [4.69, 9.17) is 14.2 Å². The second kappa shape index (κ2) is 4.98. The Morgan fingerprint density at radius 3 is 2.37 bits per heavy atom. The molecule has 3 aliphatic heterocycles. The van der Waals surface area contributed by atoms with E-state index in [1.807, 2.05) is 0 Å². The van der Waals surface area contributed by atoms with Gasteiger partial charge < -0.3 is 39.7 Å². The van der Waals surface area contributed by atoms with Gasteiger partial charge in [-0.2, -0.15) is 0 Å². The van der Waals surface area contributed by atoms with E-state index in [0.29, 0.717) is 5.57 Å². The molecule has 164 valence electrons. The maximum Gasteiger partial charge on any atom is 0.338 e. The van der Waals surface area contributed by atoms with Crippen LogP contribution in [-0.4, -0.2) is 91.9 Å². The van der Waals surface area contributed by atoms with Gasteiger partial charge in [0, 0.05) is 11.3 Å². The van der Waals surface area contributed by atoms with E-state index in [0.717, 1.165) is 0 Å². The van der Waals surface area contributed by atoms with Crippen LogP contribution >= 0.6 is 0 Å². The number of epoxide rings is 1. The molecule has 2 spiro atoms. The molecule has 2 saturated carbocycles. The summed E-state index contributed by atoms with van der Waals surface area (Å²) in [7, 11) is 0. The van der Waals surface area contributed by atoms with Gasteiger partial charge in [-0.15, -0.1) is 0 Å². The van der Waals surface area contributed by atoms with Crippen molar-refractivity contribution in [2.24, 2.45) is 22.7 Å². The molecule has 0 aromatic heterocycles. The fourth-order valence-corrected chi connectivity index (χ4v) is 7.88. The number of fused-ring (bicyclic) bond motifs is 2. The third-order valence-electron chi connectivity index (χ3n) is 9.17. The van der Waals surface area contributed by atoms with E-state index >= 15 is 0 Å². The standard InChI is InChI=1S/C20H24O10/c1-7-3-9(21)11(22)16(2)8(7)4-10-17-5-29-19(26,14(16)17)15(25)18(6-28-18)20(17,27)12(23)13(24)30-10/h3,8,10-12,14-15,22-23,25-27H,4-6H2,1-2H3/t8-,10-,11-,12+,14+,15-,16-,17-,18+,19-,20+/m1/s1. The van der Waals surface area contributed by atoms with Crippen LogP contribution in [0.4, 0.5) is 0 Å². The quantitative estimate of drug-likeness (QED) is 0.205. The fraction of sp³-hybridized carbons (Fsp3) is 0.800. The Hall–Kier alpha value is -1.40. The zero-order chi connectivity index (χ0) is 21.6. The summed E-state index contributed by atoms with van der Waals surface area (Å²) in [5.41, 5.74) is -6.52. The minimum absolute atomic E-state index is 0.145. The Kier molecular flexibility index (Phi) is 3.21. The summed E-state index contributed by atoms with van der Waals surface area (Å²) in [4.78, 5) is 25.2. The topological polar surface area (TPSA) is 166 Å². The predicted octanol–water partition coefficient (Wildman–Crippen LogP) is -2.62. The number of carbonyl (C=O) groups excluding carboxylic acids is 2. The van der Waals surface area contributed by atoms with Crippen molar-refractivity contribution in [3.05, 3.63) is 11.6 Å². The van der Waals surface area contributed by atoms with Gasteiger partial charge in [-0.1, -0.05) is 12.5 Å². The maximum absolute atomic E-state index is 12.6. The van der Waals surface area contributed by atoms with Gasteiger partial charge in [-0.25, -0.2) is 4.79 Å². The van der Waals surface area contributed by atoms with Crippen LogP contribution in [0.25, 0.3) is 0 Å². The lowest BCUT2D eigenvalue weighted by molar-refractivity contribution is -0.379. The number of allylic oxidation sites excluding steroid dienone is 1. The molecule has 3 heterocycles. The summed E-state index contributed by atoms with van der Waals surface area (Å²) in [6.07, 6.45) is -4.96. The molecule has 0 amide bonds. The fourth-order valence-electron chi connectivity index (χ4n) is 7.88. The molecule has 30 heavy (non-hydrogen) atoms. The lowest BCUT2D eigenvalue weighted by Gasteiger charge is -2.70. The summed E-state index contributed by atoms with van der Waals surface area (Å²) >= 11 is 0. The number of ether oxygens (including phenoxy) is 3. The molecule has 2 bridgehead atoms. The number of rotatable bonds is 0. The van der Waals surface area contributed by atoms with E-state index in [-0.39, 0.29) is 19.6 Å². The number of hydrogen-bond donors (Lipinski definition) is 5. The molecule has 6 rings (SSSR count). The zero-order valence-corrected chi connectivity index (χ0v) is 16.4. The number of carbonyl (C=O) groups is 2. The number of ketones is 1. The Bertz CT molecular complexity index is 927. The van der Waals surface area contributed by atoms with Crippen LogP contribution in [0.5, 0.6) is 0 Å². The Labute approximate surface area is 171 Å². The number of aliphatic hydroxyl groups is 5. The monoisotopic (exact) mass is 424 g/mol. The largest absolute Gasteiger partial charge is 0.460 e. The van der Waals surface area contributed by atoms with E-state index in [1.165, 1.54) is 6.08 Å². The van der Waals surface area contributed by atoms with Crippen molar-refractivity contribution in [2.45, 2.75) is 61.7 Å². The van der Waals surface area contributed by atoms with Crippen molar-refractivity contribution in [3.63, 3.8) is 0 Å². The SMILES string of the molecule is CC1=CC(=O)[C@@H](O)[C@@]2(C)[C@@H]1C[C@H]1OC(=O)[C@H](O)[C@]3(O)[C@]14CO[C@](O)([C@@H]24)[C@H](O)[C@@]31CO1. The first-order chi connectivity index (χ1) is 13.9. The van der Waals surface area contributed by atoms with Crippen molar-refractivity contribution in [3.8, 4) is 0 Å². The average molecular weight is 424 g/mol. The molecule has 6 aliphatic rings. The molecule has 10 nitrogen and oxygen atoms in total. The molecule has 0 aromatic rings. The molecule has 0 unspecified atom stereocenters.